The number of piperidine rings is 1. The number of nitrogens with zero attached hydrogens (tertiary/aromatic N) is 4. The Morgan fingerprint density at radius 1 is 1.03 bits per heavy atom. The van der Waals surface area contributed by atoms with Crippen LogP contribution in [0.2, 0.25) is 0 Å². The van der Waals surface area contributed by atoms with Crippen molar-refractivity contribution >= 4 is 16.7 Å². The van der Waals surface area contributed by atoms with Gasteiger partial charge in [0.2, 0.25) is 5.82 Å². The molecule has 4 heterocycles. The van der Waals surface area contributed by atoms with Crippen LogP contribution in [0.4, 0.5) is 14.6 Å². The number of hydrogen-bond donors (Lipinski definition) is 1. The van der Waals surface area contributed by atoms with E-state index in [-0.39, 0.29) is 11.3 Å². The fourth-order valence-electron chi connectivity index (χ4n) is 4.94. The summed E-state index contributed by atoms with van der Waals surface area (Å²) in [5, 5.41) is 8.14. The molecule has 0 amide bonds. The van der Waals surface area contributed by atoms with Crippen molar-refractivity contribution in [3.05, 3.63) is 29.1 Å². The maximum atomic E-state index is 15.0. The molecule has 2 aromatic heterocycles. The molecule has 2 fully saturated rings. The van der Waals surface area contributed by atoms with Crippen molar-refractivity contribution < 1.29 is 22.8 Å². The van der Waals surface area contributed by atoms with Gasteiger partial charge < -0.3 is 24.2 Å². The molecule has 182 valence electrons. The van der Waals surface area contributed by atoms with E-state index in [4.69, 9.17) is 14.0 Å². The fourth-order valence-corrected chi connectivity index (χ4v) is 4.94. The number of rotatable bonds is 5. The number of pyridine rings is 1. The number of halogens is 2. The van der Waals surface area contributed by atoms with Crippen LogP contribution in [-0.2, 0) is 4.74 Å². The monoisotopic (exact) mass is 473 g/mol. The molecule has 3 aromatic rings. The highest BCUT2D eigenvalue weighted by atomic mass is 19.2. The van der Waals surface area contributed by atoms with Crippen LogP contribution in [0.1, 0.15) is 37.1 Å². The zero-order valence-electron chi connectivity index (χ0n) is 19.7. The zero-order chi connectivity index (χ0) is 23.8. The number of fused-ring (bicyclic) bond motifs is 1. The van der Waals surface area contributed by atoms with Gasteiger partial charge in [0, 0.05) is 43.8 Å². The van der Waals surface area contributed by atoms with Crippen LogP contribution >= 0.6 is 0 Å². The first-order chi connectivity index (χ1) is 16.5. The Kier molecular flexibility index (Phi) is 6.35. The van der Waals surface area contributed by atoms with Crippen LogP contribution < -0.4 is 15.0 Å². The van der Waals surface area contributed by atoms with Crippen molar-refractivity contribution in [1.82, 2.24) is 20.4 Å². The number of aromatic nitrogens is 3. The molecule has 0 spiro atoms. The van der Waals surface area contributed by atoms with E-state index in [0.29, 0.717) is 46.1 Å². The number of hydrogen-bond acceptors (Lipinski definition) is 8. The number of ether oxygens (including phenoxy) is 2. The molecule has 8 nitrogen and oxygen atoms in total. The van der Waals surface area contributed by atoms with Crippen molar-refractivity contribution in [2.24, 2.45) is 0 Å². The second-order valence-electron chi connectivity index (χ2n) is 9.00. The molecular formula is C24H29F2N5O3. The third kappa shape index (κ3) is 4.20. The lowest BCUT2D eigenvalue weighted by molar-refractivity contribution is 0.0738. The van der Waals surface area contributed by atoms with Gasteiger partial charge in [-0.15, -0.1) is 0 Å². The van der Waals surface area contributed by atoms with Gasteiger partial charge in [-0.05, 0) is 51.2 Å². The van der Waals surface area contributed by atoms with Gasteiger partial charge >= 0.3 is 0 Å². The topological polar surface area (TPSA) is 85.5 Å². The van der Waals surface area contributed by atoms with Crippen molar-refractivity contribution in [2.45, 2.75) is 51.6 Å². The molecule has 0 atom stereocenters. The number of nitrogens with one attached hydrogen (secondary N) is 1. The van der Waals surface area contributed by atoms with Gasteiger partial charge in [-0.1, -0.05) is 5.16 Å². The van der Waals surface area contributed by atoms with E-state index in [9.17, 15) is 4.39 Å². The largest absolute Gasteiger partial charge is 0.494 e. The van der Waals surface area contributed by atoms with E-state index in [1.54, 1.807) is 6.92 Å². The summed E-state index contributed by atoms with van der Waals surface area (Å²) in [5.74, 6) is -0.915. The number of benzene rings is 1. The maximum absolute atomic E-state index is 15.0. The number of anilines is 1. The smallest absolute Gasteiger partial charge is 0.261 e. The second-order valence-corrected chi connectivity index (χ2v) is 9.00. The molecule has 2 aliphatic rings. The summed E-state index contributed by atoms with van der Waals surface area (Å²) in [6.45, 7) is 6.62. The molecule has 2 aliphatic heterocycles. The second kappa shape index (κ2) is 9.42. The lowest BCUT2D eigenvalue weighted by Gasteiger charge is -2.37. The molecular weight excluding hydrogens is 444 g/mol. The first-order valence-electron chi connectivity index (χ1n) is 11.7. The normalized spacial score (nSPS) is 18.1. The van der Waals surface area contributed by atoms with E-state index in [1.165, 1.54) is 13.2 Å². The highest BCUT2D eigenvalue weighted by Crippen LogP contribution is 2.39. The predicted molar refractivity (Wildman–Crippen MR) is 123 cm³/mol. The predicted octanol–water partition coefficient (Wildman–Crippen LogP) is 3.93. The van der Waals surface area contributed by atoms with Gasteiger partial charge in [0.25, 0.3) is 5.89 Å². The van der Waals surface area contributed by atoms with E-state index < -0.39 is 11.6 Å². The highest BCUT2D eigenvalue weighted by molar-refractivity contribution is 5.93. The molecule has 2 saturated heterocycles. The molecule has 0 aliphatic carbocycles. The minimum Gasteiger partial charge on any atom is -0.494 e. The van der Waals surface area contributed by atoms with Crippen molar-refractivity contribution in [3.63, 3.8) is 0 Å². The Hall–Kier alpha value is -2.85. The maximum Gasteiger partial charge on any atom is 0.261 e. The van der Waals surface area contributed by atoms with Crippen molar-refractivity contribution in [3.8, 4) is 17.2 Å². The van der Waals surface area contributed by atoms with Crippen LogP contribution in [0, 0.1) is 25.5 Å². The van der Waals surface area contributed by atoms with E-state index >= 15 is 4.39 Å². The van der Waals surface area contributed by atoms with E-state index in [0.717, 1.165) is 52.0 Å². The quantitative estimate of drug-likeness (QED) is 0.597. The van der Waals surface area contributed by atoms with Crippen LogP contribution in [0.15, 0.2) is 10.6 Å². The number of aryl methyl sites for hydroxylation is 2. The zero-order valence-corrected chi connectivity index (χ0v) is 19.7. The molecule has 5 rings (SSSR count). The summed E-state index contributed by atoms with van der Waals surface area (Å²) in [6.07, 6.45) is 3.89. The van der Waals surface area contributed by atoms with Gasteiger partial charge in [0.05, 0.1) is 12.7 Å². The number of methoxy groups -OCH3 is 1. The first-order valence-corrected chi connectivity index (χ1v) is 11.7. The molecule has 1 N–H and O–H groups in total. The Morgan fingerprint density at radius 2 is 1.74 bits per heavy atom. The fraction of sp³-hybridized carbons (Fsp3) is 0.542. The van der Waals surface area contributed by atoms with Crippen molar-refractivity contribution in [1.29, 1.82) is 0 Å². The summed E-state index contributed by atoms with van der Waals surface area (Å²) < 4.78 is 45.5. The summed E-state index contributed by atoms with van der Waals surface area (Å²) in [4.78, 5) is 11.1. The summed E-state index contributed by atoms with van der Waals surface area (Å²) >= 11 is 0. The minimum absolute atomic E-state index is 0.0340. The first kappa shape index (κ1) is 22.9. The summed E-state index contributed by atoms with van der Waals surface area (Å²) in [6, 6.07) is 2.35. The standard InChI is InChI=1S/C24H29F2N5O3/c1-13-17-12-18(32-3)20(25)21(26)22(17)29-23(19(13)24-27-14(2)30-34-24)31-8-4-15(5-9-31)28-16-6-10-33-11-7-16/h12,15-16,28H,4-11H2,1-3H3. The molecule has 1 aromatic carbocycles. The van der Waals surface area contributed by atoms with Gasteiger partial charge in [-0.25, -0.2) is 9.37 Å². The summed E-state index contributed by atoms with van der Waals surface area (Å²) in [5.41, 5.74) is 1.29. The molecule has 10 heteroatoms. The van der Waals surface area contributed by atoms with E-state index in [2.05, 4.69) is 25.3 Å². The molecule has 34 heavy (non-hydrogen) atoms. The molecule has 0 radical (unpaired) electrons. The lowest BCUT2D eigenvalue weighted by Crippen LogP contribution is -2.48. The van der Waals surface area contributed by atoms with Crippen molar-refractivity contribution in [2.75, 3.05) is 38.3 Å². The van der Waals surface area contributed by atoms with Gasteiger partial charge in [0.1, 0.15) is 11.3 Å². The third-order valence-electron chi connectivity index (χ3n) is 6.82. The Morgan fingerprint density at radius 3 is 2.38 bits per heavy atom. The van der Waals surface area contributed by atoms with E-state index in [1.807, 2.05) is 6.92 Å². The van der Waals surface area contributed by atoms with Crippen LogP contribution in [0.5, 0.6) is 5.75 Å². The van der Waals surface area contributed by atoms with Gasteiger partial charge in [-0.2, -0.15) is 9.37 Å². The Labute approximate surface area is 196 Å². The third-order valence-corrected chi connectivity index (χ3v) is 6.82. The molecule has 0 bridgehead atoms. The van der Waals surface area contributed by atoms with Crippen LogP contribution in [0.25, 0.3) is 22.4 Å². The van der Waals surface area contributed by atoms with Gasteiger partial charge in [-0.3, -0.25) is 0 Å². The molecule has 0 saturated carbocycles. The lowest BCUT2D eigenvalue weighted by atomic mass is 9.99. The minimum atomic E-state index is -1.05. The van der Waals surface area contributed by atoms with Gasteiger partial charge in [0.15, 0.2) is 17.4 Å². The van der Waals surface area contributed by atoms with Crippen LogP contribution in [-0.4, -0.2) is 60.6 Å². The SMILES string of the molecule is COc1cc2c(C)c(-c3nc(C)no3)c(N3CCC(NC4CCOCC4)CC3)nc2c(F)c1F. The average molecular weight is 474 g/mol. The summed E-state index contributed by atoms with van der Waals surface area (Å²) in [7, 11) is 1.31. The molecule has 0 unspecified atom stereocenters. The Bertz CT molecular complexity index is 1190. The highest BCUT2D eigenvalue weighted by Gasteiger charge is 2.29. The van der Waals surface area contributed by atoms with Crippen LogP contribution in [0.3, 0.4) is 0 Å². The Balaban J connectivity index is 1.51. The average Bonchev–Trinajstić information content (AvgIpc) is 3.28.